The van der Waals surface area contributed by atoms with E-state index < -0.39 is 0 Å². The van der Waals surface area contributed by atoms with Crippen LogP contribution in [0.25, 0.3) is 0 Å². The molecular formula is C17H28N2O. The predicted octanol–water partition coefficient (Wildman–Crippen LogP) is 3.98. The van der Waals surface area contributed by atoms with Crippen LogP contribution in [0.2, 0.25) is 0 Å². The van der Waals surface area contributed by atoms with Crippen molar-refractivity contribution in [3.8, 4) is 0 Å². The molecule has 3 heteroatoms. The number of nitrogens with one attached hydrogen (secondary N) is 2. The Morgan fingerprint density at radius 3 is 2.60 bits per heavy atom. The molecule has 2 N–H and O–H groups in total. The molecule has 1 amide bonds. The van der Waals surface area contributed by atoms with E-state index >= 15 is 0 Å². The molecule has 112 valence electrons. The van der Waals surface area contributed by atoms with Crippen molar-refractivity contribution >= 4 is 11.6 Å². The van der Waals surface area contributed by atoms with Gasteiger partial charge in [0, 0.05) is 24.3 Å². The smallest absolute Gasteiger partial charge is 0.251 e. The zero-order valence-electron chi connectivity index (χ0n) is 13.3. The lowest BCUT2D eigenvalue weighted by molar-refractivity contribution is 0.0952. The maximum Gasteiger partial charge on any atom is 0.251 e. The largest absolute Gasteiger partial charge is 0.385 e. The number of hydrogen-bond acceptors (Lipinski definition) is 2. The average molecular weight is 276 g/mol. The van der Waals surface area contributed by atoms with Gasteiger partial charge < -0.3 is 10.6 Å². The minimum absolute atomic E-state index is 0.0355. The quantitative estimate of drug-likeness (QED) is 0.705. The summed E-state index contributed by atoms with van der Waals surface area (Å²) in [4.78, 5) is 12.1. The maximum absolute atomic E-state index is 12.1. The van der Waals surface area contributed by atoms with Gasteiger partial charge in [-0.15, -0.1) is 0 Å². The van der Waals surface area contributed by atoms with Gasteiger partial charge in [0.2, 0.25) is 0 Å². The third-order valence-electron chi connectivity index (χ3n) is 3.29. The zero-order valence-corrected chi connectivity index (χ0v) is 13.3. The Hall–Kier alpha value is -1.51. The van der Waals surface area contributed by atoms with E-state index in [-0.39, 0.29) is 5.91 Å². The van der Waals surface area contributed by atoms with E-state index in [1.54, 1.807) is 0 Å². The van der Waals surface area contributed by atoms with Crippen molar-refractivity contribution in [1.82, 2.24) is 5.32 Å². The van der Waals surface area contributed by atoms with Crippen molar-refractivity contribution in [2.24, 2.45) is 5.92 Å². The van der Waals surface area contributed by atoms with Crippen molar-refractivity contribution in [2.75, 3.05) is 18.4 Å². The van der Waals surface area contributed by atoms with E-state index in [0.29, 0.717) is 5.92 Å². The van der Waals surface area contributed by atoms with E-state index in [2.05, 4.69) is 31.4 Å². The number of anilines is 1. The average Bonchev–Trinajstić information content (AvgIpc) is 2.41. The summed E-state index contributed by atoms with van der Waals surface area (Å²) in [7, 11) is 0. The molecule has 3 nitrogen and oxygen atoms in total. The van der Waals surface area contributed by atoms with Crippen molar-refractivity contribution in [3.05, 3.63) is 29.3 Å². The van der Waals surface area contributed by atoms with E-state index in [0.717, 1.165) is 49.2 Å². The SMILES string of the molecule is CCCNc1ccc(C(=O)NCCCC(C)C)c(C)c1. The fourth-order valence-electron chi connectivity index (χ4n) is 2.11. The first-order valence-electron chi connectivity index (χ1n) is 7.67. The Morgan fingerprint density at radius 1 is 1.25 bits per heavy atom. The molecule has 0 aliphatic carbocycles. The highest BCUT2D eigenvalue weighted by Crippen LogP contribution is 2.15. The van der Waals surface area contributed by atoms with Gasteiger partial charge in [-0.3, -0.25) is 4.79 Å². The molecular weight excluding hydrogens is 248 g/mol. The summed E-state index contributed by atoms with van der Waals surface area (Å²) in [5, 5.41) is 6.33. The summed E-state index contributed by atoms with van der Waals surface area (Å²) in [5.41, 5.74) is 2.88. The molecule has 20 heavy (non-hydrogen) atoms. The zero-order chi connectivity index (χ0) is 15.0. The molecule has 1 aromatic rings. The fraction of sp³-hybridized carbons (Fsp3) is 0.588. The van der Waals surface area contributed by atoms with Crippen LogP contribution in [0.5, 0.6) is 0 Å². The molecule has 0 fully saturated rings. The number of benzene rings is 1. The van der Waals surface area contributed by atoms with Crippen molar-refractivity contribution in [3.63, 3.8) is 0 Å². The normalized spacial score (nSPS) is 10.7. The lowest BCUT2D eigenvalue weighted by atomic mass is 10.1. The molecule has 0 unspecified atom stereocenters. The van der Waals surface area contributed by atoms with Crippen LogP contribution < -0.4 is 10.6 Å². The Bertz CT molecular complexity index is 427. The molecule has 0 spiro atoms. The van der Waals surface area contributed by atoms with Crippen LogP contribution in [0.1, 0.15) is 56.0 Å². The van der Waals surface area contributed by atoms with Crippen LogP contribution in [0, 0.1) is 12.8 Å². The van der Waals surface area contributed by atoms with Crippen LogP contribution in [-0.2, 0) is 0 Å². The molecule has 0 aliphatic rings. The molecule has 0 bridgehead atoms. The molecule has 1 aromatic carbocycles. The van der Waals surface area contributed by atoms with Gasteiger partial charge in [0.1, 0.15) is 0 Å². The molecule has 1 rings (SSSR count). The molecule has 0 saturated carbocycles. The number of amides is 1. The number of rotatable bonds is 8. The van der Waals surface area contributed by atoms with Gasteiger partial charge in [0.25, 0.3) is 5.91 Å². The third kappa shape index (κ3) is 5.64. The Morgan fingerprint density at radius 2 is 2.00 bits per heavy atom. The molecule has 0 atom stereocenters. The second-order valence-corrected chi connectivity index (χ2v) is 5.75. The standard InChI is InChI=1S/C17H28N2O/c1-5-10-18-15-8-9-16(14(4)12-15)17(20)19-11-6-7-13(2)3/h8-9,12-13,18H,5-7,10-11H2,1-4H3,(H,19,20). The lowest BCUT2D eigenvalue weighted by Gasteiger charge is -2.11. The highest BCUT2D eigenvalue weighted by Gasteiger charge is 2.08. The third-order valence-corrected chi connectivity index (χ3v) is 3.29. The molecule has 0 saturated heterocycles. The van der Waals surface area contributed by atoms with Crippen LogP contribution in [-0.4, -0.2) is 19.0 Å². The summed E-state index contributed by atoms with van der Waals surface area (Å²) < 4.78 is 0. The van der Waals surface area contributed by atoms with Crippen LogP contribution >= 0.6 is 0 Å². The topological polar surface area (TPSA) is 41.1 Å². The first-order valence-corrected chi connectivity index (χ1v) is 7.67. The summed E-state index contributed by atoms with van der Waals surface area (Å²) in [6.07, 6.45) is 3.29. The van der Waals surface area contributed by atoms with Crippen molar-refractivity contribution < 1.29 is 4.79 Å². The van der Waals surface area contributed by atoms with Crippen molar-refractivity contribution in [1.29, 1.82) is 0 Å². The molecule has 0 aliphatic heterocycles. The Labute approximate surface area is 123 Å². The lowest BCUT2D eigenvalue weighted by Crippen LogP contribution is -2.25. The summed E-state index contributed by atoms with van der Waals surface area (Å²) in [5.74, 6) is 0.728. The number of carbonyl (C=O) groups excluding carboxylic acids is 1. The van der Waals surface area contributed by atoms with Gasteiger partial charge in [-0.2, -0.15) is 0 Å². The highest BCUT2D eigenvalue weighted by molar-refractivity contribution is 5.96. The minimum Gasteiger partial charge on any atom is -0.385 e. The van der Waals surface area contributed by atoms with Gasteiger partial charge >= 0.3 is 0 Å². The van der Waals surface area contributed by atoms with Crippen LogP contribution in [0.3, 0.4) is 0 Å². The fourth-order valence-corrected chi connectivity index (χ4v) is 2.11. The van der Waals surface area contributed by atoms with Crippen LogP contribution in [0.15, 0.2) is 18.2 Å². The van der Waals surface area contributed by atoms with Gasteiger partial charge in [-0.05, 0) is 55.9 Å². The van der Waals surface area contributed by atoms with Gasteiger partial charge in [0.05, 0.1) is 0 Å². The van der Waals surface area contributed by atoms with Gasteiger partial charge in [-0.1, -0.05) is 20.8 Å². The van der Waals surface area contributed by atoms with Gasteiger partial charge in [0.15, 0.2) is 0 Å². The highest BCUT2D eigenvalue weighted by atomic mass is 16.1. The summed E-state index contributed by atoms with van der Waals surface area (Å²) >= 11 is 0. The monoisotopic (exact) mass is 276 g/mol. The summed E-state index contributed by atoms with van der Waals surface area (Å²) in [6, 6.07) is 5.93. The second-order valence-electron chi connectivity index (χ2n) is 5.75. The summed E-state index contributed by atoms with van der Waals surface area (Å²) in [6.45, 7) is 10.2. The number of aryl methyl sites for hydroxylation is 1. The minimum atomic E-state index is 0.0355. The van der Waals surface area contributed by atoms with E-state index in [1.165, 1.54) is 0 Å². The van der Waals surface area contributed by atoms with Crippen LogP contribution in [0.4, 0.5) is 5.69 Å². The second kappa shape index (κ2) is 8.62. The van der Waals surface area contributed by atoms with E-state index in [4.69, 9.17) is 0 Å². The van der Waals surface area contributed by atoms with E-state index in [9.17, 15) is 4.79 Å². The molecule has 0 radical (unpaired) electrons. The predicted molar refractivity (Wildman–Crippen MR) is 86.4 cm³/mol. The molecule has 0 aromatic heterocycles. The first kappa shape index (κ1) is 16.5. The van der Waals surface area contributed by atoms with E-state index in [1.807, 2.05) is 25.1 Å². The number of hydrogen-bond donors (Lipinski definition) is 2. The maximum atomic E-state index is 12.1. The first-order chi connectivity index (χ1) is 9.54. The van der Waals surface area contributed by atoms with Gasteiger partial charge in [-0.25, -0.2) is 0 Å². The Balaban J connectivity index is 2.51. The molecule has 0 heterocycles. The van der Waals surface area contributed by atoms with Crippen molar-refractivity contribution in [2.45, 2.75) is 47.0 Å². The Kier molecular flexibility index (Phi) is 7.13. The number of carbonyl (C=O) groups is 1.